The first-order chi connectivity index (χ1) is 20.5. The maximum atomic E-state index is 15.2. The summed E-state index contributed by atoms with van der Waals surface area (Å²) < 4.78 is 56.9. The first-order valence-corrected chi connectivity index (χ1v) is 14.4. The number of nitrogens with one attached hydrogen (secondary N) is 2. The van der Waals surface area contributed by atoms with E-state index in [1.807, 2.05) is 25.1 Å². The van der Waals surface area contributed by atoms with E-state index < -0.39 is 23.5 Å². The van der Waals surface area contributed by atoms with Gasteiger partial charge in [0.25, 0.3) is 5.91 Å². The second kappa shape index (κ2) is 14.0. The average molecular weight is 595 g/mol. The number of amides is 1. The number of carbonyl (C=O) groups excluding carboxylic acids is 1. The maximum Gasteiger partial charge on any atom is 0.416 e. The van der Waals surface area contributed by atoms with Gasteiger partial charge in [0.1, 0.15) is 11.5 Å². The predicted molar refractivity (Wildman–Crippen MR) is 164 cm³/mol. The van der Waals surface area contributed by atoms with Crippen LogP contribution < -0.4 is 21.3 Å². The molecule has 0 aromatic heterocycles. The fraction of sp³-hybridized carbons (Fsp3) is 0.324. The van der Waals surface area contributed by atoms with Crippen molar-refractivity contribution in [2.75, 3.05) is 23.8 Å². The molecule has 1 aliphatic rings. The molecule has 0 spiro atoms. The number of hydrogen-bond acceptors (Lipinski definition) is 4. The van der Waals surface area contributed by atoms with Crippen molar-refractivity contribution in [3.63, 3.8) is 0 Å². The number of carbonyl (C=O) groups is 1. The van der Waals surface area contributed by atoms with E-state index in [9.17, 15) is 18.0 Å². The monoisotopic (exact) mass is 594 g/mol. The molecule has 43 heavy (non-hydrogen) atoms. The molecule has 4 rings (SSSR count). The molecule has 1 fully saturated rings. The summed E-state index contributed by atoms with van der Waals surface area (Å²) in [5.74, 6) is -0.998. The molecule has 0 saturated heterocycles. The van der Waals surface area contributed by atoms with Gasteiger partial charge in [-0.2, -0.15) is 13.2 Å². The first-order valence-electron chi connectivity index (χ1n) is 14.4. The van der Waals surface area contributed by atoms with Gasteiger partial charge in [-0.15, -0.1) is 0 Å². The zero-order valence-electron chi connectivity index (χ0n) is 24.6. The Hall–Kier alpha value is -3.95. The second-order valence-corrected chi connectivity index (χ2v) is 10.9. The van der Waals surface area contributed by atoms with E-state index in [-0.39, 0.29) is 30.4 Å². The van der Waals surface area contributed by atoms with Gasteiger partial charge in [-0.25, -0.2) is 4.39 Å². The van der Waals surface area contributed by atoms with E-state index in [1.54, 1.807) is 43.3 Å². The number of aryl methyl sites for hydroxylation is 1. The fourth-order valence-corrected chi connectivity index (χ4v) is 4.86. The zero-order valence-corrected chi connectivity index (χ0v) is 24.6. The Morgan fingerprint density at radius 2 is 1.79 bits per heavy atom. The summed E-state index contributed by atoms with van der Waals surface area (Å²) in [6, 6.07) is 19.0. The Kier molecular flexibility index (Phi) is 10.4. The van der Waals surface area contributed by atoms with Crippen molar-refractivity contribution >= 4 is 17.3 Å². The van der Waals surface area contributed by atoms with Gasteiger partial charge >= 0.3 is 6.18 Å². The summed E-state index contributed by atoms with van der Waals surface area (Å²) >= 11 is 0. The Bertz CT molecular complexity index is 1490. The van der Waals surface area contributed by atoms with Gasteiger partial charge in [-0.1, -0.05) is 61.0 Å². The molecule has 3 aromatic carbocycles. The lowest BCUT2D eigenvalue weighted by molar-refractivity contribution is -0.113. The quantitative estimate of drug-likeness (QED) is 0.115. The van der Waals surface area contributed by atoms with E-state index >= 15 is 4.39 Å². The largest absolute Gasteiger partial charge is 0.416 e. The third kappa shape index (κ3) is 8.55. The van der Waals surface area contributed by atoms with Crippen LogP contribution in [0.2, 0.25) is 0 Å². The molecule has 0 aliphatic heterocycles. The van der Waals surface area contributed by atoms with Crippen molar-refractivity contribution in [2.45, 2.75) is 51.9 Å². The summed E-state index contributed by atoms with van der Waals surface area (Å²) in [6.45, 7) is 4.58. The number of halogens is 4. The number of hydrogen-bond donors (Lipinski definition) is 3. The molecule has 0 heterocycles. The topological polar surface area (TPSA) is 70.4 Å². The number of benzene rings is 3. The molecule has 4 N–H and O–H groups in total. The number of rotatable bonds is 12. The SMILES string of the molecule is CC/C=C(/C=C(/C(=O)Nc1cc(C(NCC2CC2)c2cccc(C)c2)ccc1F)N(C)c1cccc(CN)c1)C(F)(F)F. The van der Waals surface area contributed by atoms with Crippen molar-refractivity contribution in [3.05, 3.63) is 118 Å². The van der Waals surface area contributed by atoms with Crippen molar-refractivity contribution in [2.24, 2.45) is 11.7 Å². The molecule has 3 aromatic rings. The van der Waals surface area contributed by atoms with Crippen molar-refractivity contribution in [3.8, 4) is 0 Å². The Balaban J connectivity index is 1.72. The third-order valence-electron chi connectivity index (χ3n) is 7.43. The summed E-state index contributed by atoms with van der Waals surface area (Å²) in [4.78, 5) is 15.0. The summed E-state index contributed by atoms with van der Waals surface area (Å²) in [5.41, 5.74) is 8.34. The van der Waals surface area contributed by atoms with Gasteiger partial charge in [0.05, 0.1) is 17.3 Å². The molecule has 1 unspecified atom stereocenters. The van der Waals surface area contributed by atoms with Crippen LogP contribution in [0.25, 0.3) is 0 Å². The lowest BCUT2D eigenvalue weighted by atomic mass is 9.96. The highest BCUT2D eigenvalue weighted by atomic mass is 19.4. The molecule has 9 heteroatoms. The van der Waals surface area contributed by atoms with Crippen molar-refractivity contribution < 1.29 is 22.4 Å². The highest BCUT2D eigenvalue weighted by Gasteiger charge is 2.33. The molecule has 1 atom stereocenters. The molecule has 5 nitrogen and oxygen atoms in total. The van der Waals surface area contributed by atoms with E-state index in [0.717, 1.165) is 53.8 Å². The normalized spacial score (nSPS) is 14.9. The van der Waals surface area contributed by atoms with Gasteiger partial charge < -0.3 is 21.3 Å². The standard InChI is InChI=1S/C34H38F4N4O/c1-4-7-27(34(36,37)38)19-31(42(3)28-11-6-9-24(17-28)20-39)33(43)41-30-18-26(14-15-29(30)35)32(40-21-23-12-13-23)25-10-5-8-22(2)16-25/h5-11,14-19,23,32,40H,4,12-13,20-21,39H2,1-3H3,(H,41,43)/b27-7-,31-19-. The lowest BCUT2D eigenvalue weighted by Gasteiger charge is -2.24. The van der Waals surface area contributed by atoms with E-state index in [4.69, 9.17) is 5.73 Å². The Labute approximate surface area is 250 Å². The minimum Gasteiger partial charge on any atom is -0.340 e. The van der Waals surface area contributed by atoms with Crippen molar-refractivity contribution in [1.82, 2.24) is 5.32 Å². The van der Waals surface area contributed by atoms with Gasteiger partial charge in [0, 0.05) is 19.3 Å². The molecular weight excluding hydrogens is 556 g/mol. The van der Waals surface area contributed by atoms with Crippen LogP contribution in [-0.4, -0.2) is 25.7 Å². The third-order valence-corrected chi connectivity index (χ3v) is 7.43. The minimum absolute atomic E-state index is 0.109. The number of alkyl halides is 3. The van der Waals surface area contributed by atoms with Crippen LogP contribution in [-0.2, 0) is 11.3 Å². The van der Waals surface area contributed by atoms with E-state index in [1.165, 1.54) is 18.0 Å². The van der Waals surface area contributed by atoms with Crippen LogP contribution in [0.3, 0.4) is 0 Å². The van der Waals surface area contributed by atoms with Crippen LogP contribution in [0.4, 0.5) is 28.9 Å². The summed E-state index contributed by atoms with van der Waals surface area (Å²) in [6.07, 6.45) is -0.472. The molecule has 0 bridgehead atoms. The van der Waals surface area contributed by atoms with Gasteiger partial charge in [0.2, 0.25) is 0 Å². The van der Waals surface area contributed by atoms with Gasteiger partial charge in [0.15, 0.2) is 0 Å². The molecule has 1 saturated carbocycles. The lowest BCUT2D eigenvalue weighted by Crippen LogP contribution is -2.29. The zero-order chi connectivity index (χ0) is 31.1. The van der Waals surface area contributed by atoms with E-state index in [2.05, 4.69) is 16.7 Å². The highest BCUT2D eigenvalue weighted by Crippen LogP contribution is 2.33. The van der Waals surface area contributed by atoms with Crippen LogP contribution in [0.1, 0.15) is 54.5 Å². The number of nitrogens with zero attached hydrogens (tertiary/aromatic N) is 1. The summed E-state index contributed by atoms with van der Waals surface area (Å²) in [5, 5.41) is 6.13. The number of nitrogens with two attached hydrogens (primary N) is 1. The minimum atomic E-state index is -4.69. The molecule has 0 radical (unpaired) electrons. The first kappa shape index (κ1) is 32.0. The van der Waals surface area contributed by atoms with Gasteiger partial charge in [-0.3, -0.25) is 4.79 Å². The number of allylic oxidation sites excluding steroid dienone is 3. The van der Waals surface area contributed by atoms with Crippen LogP contribution in [0.15, 0.2) is 90.2 Å². The highest BCUT2D eigenvalue weighted by molar-refractivity contribution is 6.06. The molecule has 1 aliphatic carbocycles. The van der Waals surface area contributed by atoms with Crippen LogP contribution in [0.5, 0.6) is 0 Å². The second-order valence-electron chi connectivity index (χ2n) is 10.9. The predicted octanol–water partition coefficient (Wildman–Crippen LogP) is 7.54. The Morgan fingerprint density at radius 3 is 2.44 bits per heavy atom. The number of likely N-dealkylation sites (N-methyl/N-ethyl adjacent to an activating group) is 1. The van der Waals surface area contributed by atoms with Crippen LogP contribution in [0, 0.1) is 18.7 Å². The molecular formula is C34H38F4N4O. The number of anilines is 2. The van der Waals surface area contributed by atoms with Gasteiger partial charge in [-0.05, 0) is 85.7 Å². The van der Waals surface area contributed by atoms with E-state index in [0.29, 0.717) is 11.6 Å². The Morgan fingerprint density at radius 1 is 1.07 bits per heavy atom. The van der Waals surface area contributed by atoms with Crippen molar-refractivity contribution in [1.29, 1.82) is 0 Å². The maximum absolute atomic E-state index is 15.2. The average Bonchev–Trinajstić information content (AvgIpc) is 3.80. The van der Waals surface area contributed by atoms with Crippen LogP contribution >= 0.6 is 0 Å². The molecule has 1 amide bonds. The summed E-state index contributed by atoms with van der Waals surface area (Å²) in [7, 11) is 1.49. The molecule has 228 valence electrons. The fourth-order valence-electron chi connectivity index (χ4n) is 4.86. The smallest absolute Gasteiger partial charge is 0.340 e.